The highest BCUT2D eigenvalue weighted by molar-refractivity contribution is 9.10. The van der Waals surface area contributed by atoms with E-state index in [1.807, 2.05) is 12.3 Å². The number of anilines is 1. The van der Waals surface area contributed by atoms with Crippen LogP contribution in [-0.4, -0.2) is 38.5 Å². The summed E-state index contributed by atoms with van der Waals surface area (Å²) in [7, 11) is 0. The largest absolute Gasteiger partial charge is 0.368 e. The molecule has 2 atom stereocenters. The van der Waals surface area contributed by atoms with Gasteiger partial charge in [-0.25, -0.2) is 4.98 Å². The van der Waals surface area contributed by atoms with E-state index >= 15 is 0 Å². The molecule has 0 saturated carbocycles. The van der Waals surface area contributed by atoms with Crippen molar-refractivity contribution in [3.8, 4) is 5.69 Å². The molecule has 2 aromatic rings. The third-order valence-corrected chi connectivity index (χ3v) is 4.45. The van der Waals surface area contributed by atoms with Crippen LogP contribution in [0.5, 0.6) is 0 Å². The van der Waals surface area contributed by atoms with Crippen LogP contribution in [-0.2, 0) is 6.42 Å². The van der Waals surface area contributed by atoms with Crippen LogP contribution in [0.15, 0.2) is 33.9 Å². The molecule has 22 heavy (non-hydrogen) atoms. The van der Waals surface area contributed by atoms with Crippen LogP contribution < -0.4 is 5.32 Å². The number of aromatic nitrogens is 4. The molecule has 0 aliphatic carbocycles. The zero-order valence-corrected chi connectivity index (χ0v) is 13.7. The van der Waals surface area contributed by atoms with E-state index in [4.69, 9.17) is 0 Å². The molecule has 7 heteroatoms. The van der Waals surface area contributed by atoms with Crippen molar-refractivity contribution >= 4 is 28.0 Å². The first-order chi connectivity index (χ1) is 10.7. The van der Waals surface area contributed by atoms with E-state index in [0.29, 0.717) is 0 Å². The Bertz CT molecular complexity index is 778. The fourth-order valence-electron chi connectivity index (χ4n) is 2.91. The van der Waals surface area contributed by atoms with Crippen LogP contribution in [0.1, 0.15) is 24.5 Å². The van der Waals surface area contributed by atoms with Gasteiger partial charge >= 0.3 is 0 Å². The van der Waals surface area contributed by atoms with Gasteiger partial charge in [-0.1, -0.05) is 6.08 Å². The predicted molar refractivity (Wildman–Crippen MR) is 88.9 cm³/mol. The number of halogens is 1. The first kappa shape index (κ1) is 13.6. The quantitative estimate of drug-likeness (QED) is 0.850. The van der Waals surface area contributed by atoms with Gasteiger partial charge in [-0.2, -0.15) is 0 Å². The van der Waals surface area contributed by atoms with Gasteiger partial charge in [0.2, 0.25) is 0 Å². The number of fused-ring (bicyclic) bond motifs is 3. The van der Waals surface area contributed by atoms with E-state index < -0.39 is 0 Å². The summed E-state index contributed by atoms with van der Waals surface area (Å²) in [5.41, 5.74) is 0.983. The van der Waals surface area contributed by atoms with Gasteiger partial charge in [-0.15, -0.1) is 10.2 Å². The molecular formula is C15H15BrN6. The van der Waals surface area contributed by atoms with Gasteiger partial charge in [0.15, 0.2) is 0 Å². The number of hydrogen-bond donors (Lipinski definition) is 1. The normalized spacial score (nSPS) is 22.6. The summed E-state index contributed by atoms with van der Waals surface area (Å²) < 4.78 is 3.06. The lowest BCUT2D eigenvalue weighted by atomic mass is 9.98. The average molecular weight is 359 g/mol. The number of dihydropyridines is 1. The molecule has 2 aliphatic rings. The fourth-order valence-corrected chi connectivity index (χ4v) is 3.23. The summed E-state index contributed by atoms with van der Waals surface area (Å²) >= 11 is 3.51. The summed E-state index contributed by atoms with van der Waals surface area (Å²) in [4.78, 5) is 8.96. The van der Waals surface area contributed by atoms with E-state index in [1.165, 1.54) is 0 Å². The first-order valence-corrected chi connectivity index (χ1v) is 8.07. The molecule has 0 spiro atoms. The van der Waals surface area contributed by atoms with Crippen molar-refractivity contribution in [2.75, 3.05) is 11.9 Å². The Kier molecular flexibility index (Phi) is 3.29. The molecule has 112 valence electrons. The third kappa shape index (κ3) is 2.16. The molecule has 0 amide bonds. The lowest BCUT2D eigenvalue weighted by Gasteiger charge is -2.20. The van der Waals surface area contributed by atoms with Crippen molar-refractivity contribution in [1.82, 2.24) is 19.7 Å². The van der Waals surface area contributed by atoms with Crippen molar-refractivity contribution in [3.63, 3.8) is 0 Å². The number of rotatable bonds is 1. The van der Waals surface area contributed by atoms with E-state index in [1.54, 1.807) is 6.20 Å². The number of aliphatic imine (C=N–C) groups is 1. The molecule has 0 saturated heterocycles. The Balaban J connectivity index is 1.91. The van der Waals surface area contributed by atoms with Crippen LogP contribution >= 0.6 is 15.9 Å². The van der Waals surface area contributed by atoms with Gasteiger partial charge in [0.25, 0.3) is 0 Å². The van der Waals surface area contributed by atoms with Crippen molar-refractivity contribution < 1.29 is 0 Å². The molecule has 0 aromatic carbocycles. The highest BCUT2D eigenvalue weighted by atomic mass is 79.9. The van der Waals surface area contributed by atoms with Gasteiger partial charge in [0.1, 0.15) is 17.5 Å². The molecule has 1 N–H and O–H groups in total. The number of hydrogen-bond acceptors (Lipinski definition) is 5. The lowest BCUT2D eigenvalue weighted by molar-refractivity contribution is 0.614. The molecule has 6 nitrogen and oxygen atoms in total. The maximum absolute atomic E-state index is 4.48. The molecule has 4 heterocycles. The molecule has 2 aliphatic heterocycles. The summed E-state index contributed by atoms with van der Waals surface area (Å²) in [6.45, 7) is 2.90. The first-order valence-electron chi connectivity index (χ1n) is 7.28. The zero-order valence-electron chi connectivity index (χ0n) is 12.1. The monoisotopic (exact) mass is 358 g/mol. The minimum absolute atomic E-state index is 0.121. The van der Waals surface area contributed by atoms with Crippen molar-refractivity contribution in [2.45, 2.75) is 25.3 Å². The Morgan fingerprint density at radius 2 is 2.27 bits per heavy atom. The SMILES string of the molecule is CC1N=CC=CC1c1nnc2n1-c1cc(Br)cnc1NCC2. The summed E-state index contributed by atoms with van der Waals surface area (Å²) in [6, 6.07) is 2.20. The molecule has 4 rings (SSSR count). The Morgan fingerprint density at radius 1 is 1.36 bits per heavy atom. The number of allylic oxidation sites excluding steroid dienone is 1. The van der Waals surface area contributed by atoms with Crippen molar-refractivity contribution in [2.24, 2.45) is 4.99 Å². The number of pyridine rings is 1. The molecule has 2 aromatic heterocycles. The standard InChI is InChI=1S/C15H15BrN6/c1-9-11(3-2-5-17-9)15-21-20-13-4-6-18-14-12(22(13)15)7-10(16)8-19-14/h2-3,5,7-9,11H,4,6H2,1H3,(H,18,19). The van der Waals surface area contributed by atoms with Gasteiger partial charge in [0.05, 0.1) is 17.6 Å². The van der Waals surface area contributed by atoms with E-state index in [2.05, 4.69) is 65.1 Å². The van der Waals surface area contributed by atoms with E-state index in [-0.39, 0.29) is 12.0 Å². The number of nitrogens with one attached hydrogen (secondary N) is 1. The molecule has 0 radical (unpaired) electrons. The van der Waals surface area contributed by atoms with Gasteiger partial charge in [-0.05, 0) is 35.0 Å². The third-order valence-electron chi connectivity index (χ3n) is 4.01. The van der Waals surface area contributed by atoms with Crippen LogP contribution in [0.4, 0.5) is 5.82 Å². The van der Waals surface area contributed by atoms with E-state index in [0.717, 1.165) is 40.6 Å². The molecule has 2 unspecified atom stereocenters. The Morgan fingerprint density at radius 3 is 3.14 bits per heavy atom. The van der Waals surface area contributed by atoms with Crippen LogP contribution in [0.3, 0.4) is 0 Å². The molecule has 0 fully saturated rings. The van der Waals surface area contributed by atoms with Crippen molar-refractivity contribution in [1.29, 1.82) is 0 Å². The second-order valence-electron chi connectivity index (χ2n) is 5.46. The maximum Gasteiger partial charge on any atom is 0.150 e. The topological polar surface area (TPSA) is 68.0 Å². The highest BCUT2D eigenvalue weighted by Crippen LogP contribution is 2.32. The van der Waals surface area contributed by atoms with E-state index in [9.17, 15) is 0 Å². The van der Waals surface area contributed by atoms with Crippen molar-refractivity contribution in [3.05, 3.63) is 40.5 Å². The smallest absolute Gasteiger partial charge is 0.150 e. The predicted octanol–water partition coefficient (Wildman–Crippen LogP) is 2.51. The second-order valence-corrected chi connectivity index (χ2v) is 6.37. The Hall–Kier alpha value is -2.02. The number of nitrogens with zero attached hydrogens (tertiary/aromatic N) is 5. The van der Waals surface area contributed by atoms with Gasteiger partial charge in [0, 0.05) is 29.8 Å². The lowest BCUT2D eigenvalue weighted by Crippen LogP contribution is -2.19. The average Bonchev–Trinajstić information content (AvgIpc) is 2.84. The highest BCUT2D eigenvalue weighted by Gasteiger charge is 2.28. The fraction of sp³-hybridized carbons (Fsp3) is 0.333. The van der Waals surface area contributed by atoms with Crippen LogP contribution in [0.25, 0.3) is 5.69 Å². The second kappa shape index (κ2) is 5.31. The Labute approximate surface area is 136 Å². The summed E-state index contributed by atoms with van der Waals surface area (Å²) in [5, 5.41) is 12.2. The van der Waals surface area contributed by atoms with Gasteiger partial charge in [-0.3, -0.25) is 9.56 Å². The minimum atomic E-state index is 0.121. The van der Waals surface area contributed by atoms with Crippen LogP contribution in [0.2, 0.25) is 0 Å². The summed E-state index contributed by atoms with van der Waals surface area (Å²) in [6.07, 6.45) is 8.57. The minimum Gasteiger partial charge on any atom is -0.368 e. The summed E-state index contributed by atoms with van der Waals surface area (Å²) in [5.74, 6) is 2.85. The van der Waals surface area contributed by atoms with Gasteiger partial charge < -0.3 is 5.32 Å². The van der Waals surface area contributed by atoms with Crippen LogP contribution in [0, 0.1) is 0 Å². The molecular weight excluding hydrogens is 344 g/mol. The maximum atomic E-state index is 4.48. The zero-order chi connectivity index (χ0) is 15.1. The molecule has 0 bridgehead atoms.